The van der Waals surface area contributed by atoms with Crippen molar-refractivity contribution in [3.63, 3.8) is 0 Å². The van der Waals surface area contributed by atoms with Crippen LogP contribution in [0.5, 0.6) is 0 Å². The van der Waals surface area contributed by atoms with Gasteiger partial charge in [0.05, 0.1) is 0 Å². The number of hydrogen-bond acceptors (Lipinski definition) is 1. The summed E-state index contributed by atoms with van der Waals surface area (Å²) >= 11 is 3.41. The average molecular weight is 253 g/mol. The maximum Gasteiger partial charge on any atom is 0.133 e. The zero-order chi connectivity index (χ0) is 9.97. The highest BCUT2D eigenvalue weighted by molar-refractivity contribution is 9.10. The highest BCUT2D eigenvalue weighted by Crippen LogP contribution is 2.26. The minimum absolute atomic E-state index is 0.437. The van der Waals surface area contributed by atoms with E-state index in [2.05, 4.69) is 40.2 Å². The number of ketones is 1. The van der Waals surface area contributed by atoms with Crippen LogP contribution in [0.25, 0.3) is 0 Å². The minimum Gasteiger partial charge on any atom is -0.300 e. The van der Waals surface area contributed by atoms with Gasteiger partial charge in [-0.3, -0.25) is 4.79 Å². The van der Waals surface area contributed by atoms with Gasteiger partial charge in [-0.1, -0.05) is 28.1 Å². The molecule has 0 spiro atoms. The first kappa shape index (κ1) is 9.91. The molecule has 0 amide bonds. The highest BCUT2D eigenvalue weighted by Gasteiger charge is 2.21. The third-order valence-electron chi connectivity index (χ3n) is 2.79. The van der Waals surface area contributed by atoms with Gasteiger partial charge in [-0.05, 0) is 36.5 Å². The summed E-state index contributed by atoms with van der Waals surface area (Å²) in [6.07, 6.45) is 3.71. The molecule has 1 nitrogen and oxygen atoms in total. The molecule has 0 heterocycles. The molecular weight excluding hydrogens is 240 g/mol. The summed E-state index contributed by atoms with van der Waals surface area (Å²) in [4.78, 5) is 11.1. The summed E-state index contributed by atoms with van der Waals surface area (Å²) < 4.78 is 1.11. The average Bonchev–Trinajstić information content (AvgIpc) is 2.56. The zero-order valence-electron chi connectivity index (χ0n) is 8.00. The van der Waals surface area contributed by atoms with Crippen molar-refractivity contribution in [3.05, 3.63) is 34.3 Å². The molecule has 0 saturated heterocycles. The number of rotatable bonds is 2. The van der Waals surface area contributed by atoms with Crippen molar-refractivity contribution in [1.29, 1.82) is 0 Å². The molecule has 1 aromatic carbocycles. The Morgan fingerprint density at radius 2 is 2.00 bits per heavy atom. The third-order valence-corrected chi connectivity index (χ3v) is 3.31. The largest absolute Gasteiger partial charge is 0.300 e. The molecular formula is C12H13BrO. The van der Waals surface area contributed by atoms with Gasteiger partial charge in [-0.2, -0.15) is 0 Å². The Labute approximate surface area is 92.6 Å². The normalized spacial score (nSPS) is 21.5. The van der Waals surface area contributed by atoms with Crippen LogP contribution in [0.4, 0.5) is 0 Å². The predicted octanol–water partition coefficient (Wildman–Crippen LogP) is 3.36. The van der Waals surface area contributed by atoms with Crippen LogP contribution in [0.15, 0.2) is 28.7 Å². The molecule has 0 radical (unpaired) electrons. The molecule has 74 valence electrons. The number of benzene rings is 1. The van der Waals surface area contributed by atoms with Crippen molar-refractivity contribution in [3.8, 4) is 0 Å². The Morgan fingerprint density at radius 1 is 1.29 bits per heavy atom. The van der Waals surface area contributed by atoms with Crippen molar-refractivity contribution < 1.29 is 4.79 Å². The minimum atomic E-state index is 0.437. The number of halogens is 1. The Balaban J connectivity index is 1.97. The summed E-state index contributed by atoms with van der Waals surface area (Å²) in [5, 5.41) is 0. The summed E-state index contributed by atoms with van der Waals surface area (Å²) in [5.41, 5.74) is 1.34. The summed E-state index contributed by atoms with van der Waals surface area (Å²) in [6, 6.07) is 8.39. The predicted molar refractivity (Wildman–Crippen MR) is 60.2 cm³/mol. The van der Waals surface area contributed by atoms with Crippen molar-refractivity contribution in [1.82, 2.24) is 0 Å². The second kappa shape index (κ2) is 4.26. The fraction of sp³-hybridized carbons (Fsp3) is 0.417. The van der Waals surface area contributed by atoms with Gasteiger partial charge < -0.3 is 0 Å². The van der Waals surface area contributed by atoms with E-state index in [1.54, 1.807) is 0 Å². The second-order valence-corrected chi connectivity index (χ2v) is 4.89. The molecule has 0 bridgehead atoms. The topological polar surface area (TPSA) is 17.1 Å². The van der Waals surface area contributed by atoms with Crippen molar-refractivity contribution in [2.75, 3.05) is 0 Å². The van der Waals surface area contributed by atoms with Gasteiger partial charge in [-0.25, -0.2) is 0 Å². The van der Waals surface area contributed by atoms with Crippen molar-refractivity contribution in [2.24, 2.45) is 5.92 Å². The van der Waals surface area contributed by atoms with Gasteiger partial charge in [0.2, 0.25) is 0 Å². The number of Topliss-reactive ketones (excluding diaryl/α,β-unsaturated/α-hetero) is 1. The van der Waals surface area contributed by atoms with Crippen LogP contribution >= 0.6 is 15.9 Å². The van der Waals surface area contributed by atoms with Gasteiger partial charge in [0, 0.05) is 17.3 Å². The quantitative estimate of drug-likeness (QED) is 0.789. The zero-order valence-corrected chi connectivity index (χ0v) is 9.59. The molecule has 1 saturated carbocycles. The molecule has 1 aromatic rings. The van der Waals surface area contributed by atoms with Gasteiger partial charge in [0.1, 0.15) is 5.78 Å². The maximum atomic E-state index is 11.1. The first-order chi connectivity index (χ1) is 6.74. The number of carbonyl (C=O) groups is 1. The van der Waals surface area contributed by atoms with E-state index in [0.29, 0.717) is 11.7 Å². The summed E-state index contributed by atoms with van der Waals surface area (Å²) in [5.74, 6) is 1.02. The maximum absolute atomic E-state index is 11.1. The molecule has 0 aromatic heterocycles. The Kier molecular flexibility index (Phi) is 3.02. The van der Waals surface area contributed by atoms with E-state index in [4.69, 9.17) is 0 Å². The van der Waals surface area contributed by atoms with Crippen LogP contribution in [0.2, 0.25) is 0 Å². The van der Waals surface area contributed by atoms with E-state index >= 15 is 0 Å². The molecule has 0 N–H and O–H groups in total. The Bertz CT molecular complexity index is 329. The molecule has 2 heteroatoms. The fourth-order valence-corrected chi connectivity index (χ4v) is 2.28. The van der Waals surface area contributed by atoms with Gasteiger partial charge >= 0.3 is 0 Å². The number of carbonyl (C=O) groups excluding carboxylic acids is 1. The first-order valence-electron chi connectivity index (χ1n) is 5.00. The van der Waals surface area contributed by atoms with E-state index in [0.717, 1.165) is 30.2 Å². The summed E-state index contributed by atoms with van der Waals surface area (Å²) in [6.45, 7) is 0. The molecule has 2 rings (SSSR count). The van der Waals surface area contributed by atoms with E-state index in [1.807, 2.05) is 0 Å². The molecule has 1 fully saturated rings. The van der Waals surface area contributed by atoms with Crippen LogP contribution in [0.1, 0.15) is 24.8 Å². The lowest BCUT2D eigenvalue weighted by molar-refractivity contribution is -0.117. The molecule has 14 heavy (non-hydrogen) atoms. The second-order valence-electron chi connectivity index (χ2n) is 3.98. The summed E-state index contributed by atoms with van der Waals surface area (Å²) in [7, 11) is 0. The molecule has 0 aliphatic heterocycles. The monoisotopic (exact) mass is 252 g/mol. The Hall–Kier alpha value is -0.630. The fourth-order valence-electron chi connectivity index (χ4n) is 2.02. The standard InChI is InChI=1S/C12H13BrO/c13-11-4-1-9(2-5-11)7-10-3-6-12(14)8-10/h1-2,4-5,10H,3,6-8H2. The van der Waals surface area contributed by atoms with Gasteiger partial charge in [0.25, 0.3) is 0 Å². The lowest BCUT2D eigenvalue weighted by Gasteiger charge is -2.07. The van der Waals surface area contributed by atoms with Crippen LogP contribution in [-0.4, -0.2) is 5.78 Å². The molecule has 1 atom stereocenters. The van der Waals surface area contributed by atoms with Gasteiger partial charge in [-0.15, -0.1) is 0 Å². The lowest BCUT2D eigenvalue weighted by Crippen LogP contribution is -1.99. The molecule has 1 unspecified atom stereocenters. The number of hydrogen-bond donors (Lipinski definition) is 0. The van der Waals surface area contributed by atoms with Crippen LogP contribution < -0.4 is 0 Å². The van der Waals surface area contributed by atoms with E-state index in [9.17, 15) is 4.79 Å². The third kappa shape index (κ3) is 2.44. The van der Waals surface area contributed by atoms with Crippen LogP contribution in [0, 0.1) is 5.92 Å². The van der Waals surface area contributed by atoms with E-state index in [1.165, 1.54) is 5.56 Å². The van der Waals surface area contributed by atoms with Crippen LogP contribution in [0.3, 0.4) is 0 Å². The highest BCUT2D eigenvalue weighted by atomic mass is 79.9. The Morgan fingerprint density at radius 3 is 2.57 bits per heavy atom. The van der Waals surface area contributed by atoms with E-state index < -0.39 is 0 Å². The lowest BCUT2D eigenvalue weighted by atomic mass is 9.98. The van der Waals surface area contributed by atoms with Crippen LogP contribution in [-0.2, 0) is 11.2 Å². The smallest absolute Gasteiger partial charge is 0.133 e. The SMILES string of the molecule is O=C1CCC(Cc2ccc(Br)cc2)C1. The van der Waals surface area contributed by atoms with Crippen molar-refractivity contribution in [2.45, 2.75) is 25.7 Å². The molecule has 1 aliphatic rings. The van der Waals surface area contributed by atoms with E-state index in [-0.39, 0.29) is 0 Å². The first-order valence-corrected chi connectivity index (χ1v) is 5.79. The molecule has 1 aliphatic carbocycles. The van der Waals surface area contributed by atoms with Crippen molar-refractivity contribution >= 4 is 21.7 Å². The van der Waals surface area contributed by atoms with Gasteiger partial charge in [0.15, 0.2) is 0 Å².